The number of nitrogens with one attached hydrogen (secondary N) is 2. The summed E-state index contributed by atoms with van der Waals surface area (Å²) in [6.45, 7) is 0. The number of thioether (sulfide) groups is 1. The van der Waals surface area contributed by atoms with Crippen LogP contribution >= 0.6 is 11.8 Å². The van der Waals surface area contributed by atoms with Crippen molar-refractivity contribution in [1.29, 1.82) is 0 Å². The van der Waals surface area contributed by atoms with Crippen LogP contribution in [0, 0.1) is 0 Å². The molecule has 0 bridgehead atoms. The predicted molar refractivity (Wildman–Crippen MR) is 75.3 cm³/mol. The van der Waals surface area contributed by atoms with Gasteiger partial charge in [0.25, 0.3) is 5.56 Å². The minimum Gasteiger partial charge on any atom is -0.383 e. The Morgan fingerprint density at radius 3 is 2.83 bits per heavy atom. The second-order valence-corrected chi connectivity index (χ2v) is 5.61. The van der Waals surface area contributed by atoms with E-state index in [9.17, 15) is 9.59 Å². The molecule has 0 radical (unpaired) electrons. The average molecular weight is 270 g/mol. The van der Waals surface area contributed by atoms with E-state index in [-0.39, 0.29) is 11.9 Å². The Balaban J connectivity index is 2.32. The fourth-order valence-corrected chi connectivity index (χ4v) is 3.27. The number of nitrogen functional groups attached to an aromatic ring is 1. The third kappa shape index (κ3) is 2.27. The van der Waals surface area contributed by atoms with Crippen molar-refractivity contribution in [2.75, 3.05) is 17.3 Å². The molecule has 1 aliphatic rings. The van der Waals surface area contributed by atoms with Gasteiger partial charge in [-0.05, 0) is 19.1 Å². The predicted octanol–water partition coefficient (Wildman–Crippen LogP) is 0.352. The lowest BCUT2D eigenvalue weighted by atomic mass is 10.2. The van der Waals surface area contributed by atoms with E-state index >= 15 is 0 Å². The van der Waals surface area contributed by atoms with Gasteiger partial charge in [-0.2, -0.15) is 11.8 Å². The number of aromatic nitrogens is 2. The zero-order valence-corrected chi connectivity index (χ0v) is 11.3. The number of hydrogen-bond donors (Lipinski definition) is 3. The maximum absolute atomic E-state index is 11.8. The number of anilines is 2. The first-order valence-electron chi connectivity index (χ1n) is 5.92. The number of nitrogens with two attached hydrogens (primary N) is 1. The molecule has 7 heteroatoms. The zero-order valence-electron chi connectivity index (χ0n) is 10.5. The molecule has 2 atom stereocenters. The monoisotopic (exact) mass is 270 g/mol. The Kier molecular flexibility index (Phi) is 3.70. The first kappa shape index (κ1) is 13.1. The van der Waals surface area contributed by atoms with Crippen molar-refractivity contribution < 1.29 is 0 Å². The number of nitrogens with zero attached hydrogens (tertiary/aromatic N) is 1. The van der Waals surface area contributed by atoms with Crippen LogP contribution in [0.1, 0.15) is 19.3 Å². The maximum Gasteiger partial charge on any atom is 0.329 e. The van der Waals surface area contributed by atoms with Gasteiger partial charge in [0.2, 0.25) is 0 Å². The molecule has 0 spiro atoms. The van der Waals surface area contributed by atoms with Crippen LogP contribution in [0.3, 0.4) is 0 Å². The first-order valence-corrected chi connectivity index (χ1v) is 7.21. The van der Waals surface area contributed by atoms with Gasteiger partial charge in [0.05, 0.1) is 0 Å². The van der Waals surface area contributed by atoms with Gasteiger partial charge >= 0.3 is 5.69 Å². The summed E-state index contributed by atoms with van der Waals surface area (Å²) in [5.74, 6) is 0.190. The molecule has 18 heavy (non-hydrogen) atoms. The van der Waals surface area contributed by atoms with Gasteiger partial charge < -0.3 is 11.1 Å². The summed E-state index contributed by atoms with van der Waals surface area (Å²) in [7, 11) is 1.54. The Labute approximate surface area is 109 Å². The van der Waals surface area contributed by atoms with Gasteiger partial charge in [-0.25, -0.2) is 4.79 Å². The Morgan fingerprint density at radius 2 is 2.17 bits per heavy atom. The third-order valence-corrected chi connectivity index (χ3v) is 4.62. The summed E-state index contributed by atoms with van der Waals surface area (Å²) in [5, 5.41) is 3.68. The zero-order chi connectivity index (χ0) is 13.3. The summed E-state index contributed by atoms with van der Waals surface area (Å²) in [4.78, 5) is 25.4. The molecule has 0 aliphatic heterocycles. The lowest BCUT2D eigenvalue weighted by Crippen LogP contribution is -2.36. The van der Waals surface area contributed by atoms with Crippen molar-refractivity contribution in [3.63, 3.8) is 0 Å². The highest BCUT2D eigenvalue weighted by Crippen LogP contribution is 2.30. The molecule has 6 nitrogen and oxygen atoms in total. The Morgan fingerprint density at radius 1 is 1.44 bits per heavy atom. The topological polar surface area (TPSA) is 92.9 Å². The SMILES string of the molecule is CSC1CCCC1Nc1c(N)n(C)c(=O)[nH]c1=O. The van der Waals surface area contributed by atoms with Crippen molar-refractivity contribution in [2.24, 2.45) is 7.05 Å². The Hall–Kier alpha value is -1.37. The minimum absolute atomic E-state index is 0.190. The van der Waals surface area contributed by atoms with Gasteiger partial charge in [0.1, 0.15) is 11.5 Å². The lowest BCUT2D eigenvalue weighted by molar-refractivity contribution is 0.753. The molecule has 0 saturated heterocycles. The molecule has 1 aliphatic carbocycles. The summed E-state index contributed by atoms with van der Waals surface area (Å²) < 4.78 is 1.24. The first-order chi connectivity index (χ1) is 8.54. The van der Waals surface area contributed by atoms with E-state index in [1.54, 1.807) is 18.8 Å². The van der Waals surface area contributed by atoms with Crippen molar-refractivity contribution in [3.05, 3.63) is 20.8 Å². The normalized spacial score (nSPS) is 23.2. The lowest BCUT2D eigenvalue weighted by Gasteiger charge is -2.21. The van der Waals surface area contributed by atoms with Crippen molar-refractivity contribution in [3.8, 4) is 0 Å². The second kappa shape index (κ2) is 5.09. The van der Waals surface area contributed by atoms with Crippen LogP contribution in [0.5, 0.6) is 0 Å². The molecule has 1 aromatic heterocycles. The summed E-state index contributed by atoms with van der Waals surface area (Å²) >= 11 is 1.79. The molecule has 1 heterocycles. The van der Waals surface area contributed by atoms with E-state index in [1.807, 2.05) is 0 Å². The van der Waals surface area contributed by atoms with Gasteiger partial charge in [0, 0.05) is 18.3 Å². The van der Waals surface area contributed by atoms with Gasteiger partial charge in [-0.1, -0.05) is 6.42 Å². The highest BCUT2D eigenvalue weighted by molar-refractivity contribution is 7.99. The number of hydrogen-bond acceptors (Lipinski definition) is 5. The summed E-state index contributed by atoms with van der Waals surface area (Å²) in [6.07, 6.45) is 5.38. The van der Waals surface area contributed by atoms with Crippen LogP contribution in [-0.2, 0) is 7.05 Å². The molecule has 100 valence electrons. The molecule has 1 saturated carbocycles. The van der Waals surface area contributed by atoms with Crippen LogP contribution in [0.2, 0.25) is 0 Å². The van der Waals surface area contributed by atoms with Crippen molar-refractivity contribution in [2.45, 2.75) is 30.6 Å². The van der Waals surface area contributed by atoms with E-state index in [4.69, 9.17) is 5.73 Å². The molecule has 0 amide bonds. The molecular weight excluding hydrogens is 252 g/mol. The highest BCUT2D eigenvalue weighted by atomic mass is 32.2. The van der Waals surface area contributed by atoms with E-state index in [0.29, 0.717) is 10.9 Å². The van der Waals surface area contributed by atoms with E-state index in [0.717, 1.165) is 19.3 Å². The molecule has 1 fully saturated rings. The van der Waals surface area contributed by atoms with Gasteiger partial charge in [-0.3, -0.25) is 14.3 Å². The van der Waals surface area contributed by atoms with E-state index in [1.165, 1.54) is 4.57 Å². The van der Waals surface area contributed by atoms with E-state index in [2.05, 4.69) is 16.6 Å². The van der Waals surface area contributed by atoms with Gasteiger partial charge in [0.15, 0.2) is 0 Å². The van der Waals surface area contributed by atoms with Crippen LogP contribution in [0.15, 0.2) is 9.59 Å². The second-order valence-electron chi connectivity index (χ2n) is 4.53. The number of aromatic amines is 1. The Bertz CT molecular complexity index is 551. The fraction of sp³-hybridized carbons (Fsp3) is 0.636. The largest absolute Gasteiger partial charge is 0.383 e. The van der Waals surface area contributed by atoms with Crippen LogP contribution in [0.4, 0.5) is 11.5 Å². The summed E-state index contributed by atoms with van der Waals surface area (Å²) in [6, 6.07) is 0.237. The minimum atomic E-state index is -0.490. The summed E-state index contributed by atoms with van der Waals surface area (Å²) in [5.41, 5.74) is 5.20. The number of rotatable bonds is 3. The molecule has 0 aromatic carbocycles. The van der Waals surface area contributed by atoms with Crippen LogP contribution in [-0.4, -0.2) is 27.1 Å². The maximum atomic E-state index is 11.8. The quantitative estimate of drug-likeness (QED) is 0.737. The molecular formula is C11H18N4O2S. The van der Waals surface area contributed by atoms with Crippen molar-refractivity contribution >= 4 is 23.3 Å². The van der Waals surface area contributed by atoms with Crippen LogP contribution in [0.25, 0.3) is 0 Å². The van der Waals surface area contributed by atoms with Crippen LogP contribution < -0.4 is 22.3 Å². The average Bonchev–Trinajstić information content (AvgIpc) is 2.79. The molecule has 1 aromatic rings. The molecule has 2 unspecified atom stereocenters. The molecule has 4 N–H and O–H groups in total. The smallest absolute Gasteiger partial charge is 0.329 e. The number of H-pyrrole nitrogens is 1. The van der Waals surface area contributed by atoms with Crippen molar-refractivity contribution in [1.82, 2.24) is 9.55 Å². The van der Waals surface area contributed by atoms with E-state index < -0.39 is 11.2 Å². The molecule has 2 rings (SSSR count). The van der Waals surface area contributed by atoms with Gasteiger partial charge in [-0.15, -0.1) is 0 Å². The highest BCUT2D eigenvalue weighted by Gasteiger charge is 2.27. The third-order valence-electron chi connectivity index (χ3n) is 3.45. The standard InChI is InChI=1S/C11H18N4O2S/c1-15-9(12)8(10(16)14-11(15)17)13-6-4-3-5-7(6)18-2/h6-7,13H,3-5,12H2,1-2H3,(H,14,16,17). The fourth-order valence-electron chi connectivity index (χ4n) is 2.34.